The molecule has 8 nitrogen and oxygen atoms in total. The fourth-order valence-electron chi connectivity index (χ4n) is 2.85. The summed E-state index contributed by atoms with van der Waals surface area (Å²) < 4.78 is 0. The van der Waals surface area contributed by atoms with E-state index in [0.717, 1.165) is 25.1 Å². The predicted octanol–water partition coefficient (Wildman–Crippen LogP) is 2.48. The molecule has 0 bridgehead atoms. The lowest BCUT2D eigenvalue weighted by atomic mass is 10.0. The molecule has 1 aromatic carbocycles. The predicted molar refractivity (Wildman–Crippen MR) is 116 cm³/mol. The van der Waals surface area contributed by atoms with Crippen LogP contribution in [0.4, 0.5) is 5.69 Å². The number of nitro groups is 1. The van der Waals surface area contributed by atoms with Gasteiger partial charge in [-0.15, -0.1) is 24.0 Å². The Balaban J connectivity index is 0.00000364. The van der Waals surface area contributed by atoms with Gasteiger partial charge in [-0.2, -0.15) is 0 Å². The van der Waals surface area contributed by atoms with E-state index in [1.807, 2.05) is 0 Å². The normalized spacial score (nSPS) is 17.1. The Hall–Kier alpha value is -1.91. The van der Waals surface area contributed by atoms with E-state index in [9.17, 15) is 14.9 Å². The molecule has 1 N–H and O–H groups in total. The average Bonchev–Trinajstić information content (AvgIpc) is 2.61. The monoisotopic (exact) mass is 489 g/mol. The highest BCUT2D eigenvalue weighted by atomic mass is 127. The molecule has 0 aliphatic carbocycles. The smallest absolute Gasteiger partial charge is 0.269 e. The van der Waals surface area contributed by atoms with Crippen LogP contribution in [0.1, 0.15) is 25.3 Å². The number of nitrogens with zero attached hydrogens (tertiary/aromatic N) is 4. The van der Waals surface area contributed by atoms with Gasteiger partial charge >= 0.3 is 0 Å². The van der Waals surface area contributed by atoms with Crippen LogP contribution in [0.3, 0.4) is 0 Å². The number of aliphatic imine (C=N–C) groups is 1. The Labute approximate surface area is 177 Å². The van der Waals surface area contributed by atoms with Crippen LogP contribution in [0.15, 0.2) is 29.3 Å². The second-order valence-corrected chi connectivity index (χ2v) is 6.90. The minimum absolute atomic E-state index is 0. The first kappa shape index (κ1) is 23.1. The summed E-state index contributed by atoms with van der Waals surface area (Å²) in [5.74, 6) is 1.28. The number of piperidine rings is 1. The number of guanidine groups is 1. The molecule has 0 aromatic heterocycles. The van der Waals surface area contributed by atoms with Crippen LogP contribution < -0.4 is 5.32 Å². The van der Waals surface area contributed by atoms with Gasteiger partial charge in [-0.1, -0.05) is 19.1 Å². The Morgan fingerprint density at radius 3 is 2.59 bits per heavy atom. The SMILES string of the molecule is CC1CCCN(C(=NCc2ccc([N+](=O)[O-])cc2)NCC(=O)N(C)C)C1.I. The quantitative estimate of drug-likeness (QED) is 0.226. The number of likely N-dealkylation sites (N-methyl/N-ethyl adjacent to an activating group) is 1. The molecule has 1 heterocycles. The van der Waals surface area contributed by atoms with E-state index in [-0.39, 0.29) is 42.1 Å². The van der Waals surface area contributed by atoms with Gasteiger partial charge in [0.25, 0.3) is 5.69 Å². The van der Waals surface area contributed by atoms with Gasteiger partial charge in [0.2, 0.25) is 5.91 Å². The maximum Gasteiger partial charge on any atom is 0.269 e. The van der Waals surface area contributed by atoms with Crippen LogP contribution in [0.5, 0.6) is 0 Å². The molecule has 1 unspecified atom stereocenters. The zero-order chi connectivity index (χ0) is 19.1. The molecule has 1 aliphatic rings. The van der Waals surface area contributed by atoms with Crippen LogP contribution in [0.2, 0.25) is 0 Å². The number of hydrogen-bond acceptors (Lipinski definition) is 4. The van der Waals surface area contributed by atoms with E-state index < -0.39 is 4.92 Å². The molecule has 9 heteroatoms. The zero-order valence-corrected chi connectivity index (χ0v) is 18.4. The zero-order valence-electron chi connectivity index (χ0n) is 16.1. The molecular weight excluding hydrogens is 461 g/mol. The summed E-state index contributed by atoms with van der Waals surface area (Å²) in [4.78, 5) is 30.6. The minimum atomic E-state index is -0.415. The van der Waals surface area contributed by atoms with Crippen molar-refractivity contribution in [1.29, 1.82) is 0 Å². The summed E-state index contributed by atoms with van der Waals surface area (Å²) in [7, 11) is 3.45. The lowest BCUT2D eigenvalue weighted by Gasteiger charge is -2.33. The topological polar surface area (TPSA) is 91.1 Å². The van der Waals surface area contributed by atoms with Crippen molar-refractivity contribution in [2.24, 2.45) is 10.9 Å². The van der Waals surface area contributed by atoms with Crippen molar-refractivity contribution >= 4 is 41.5 Å². The highest BCUT2D eigenvalue weighted by molar-refractivity contribution is 14.0. The van der Waals surface area contributed by atoms with E-state index in [1.54, 1.807) is 31.1 Å². The van der Waals surface area contributed by atoms with Crippen molar-refractivity contribution in [1.82, 2.24) is 15.1 Å². The summed E-state index contributed by atoms with van der Waals surface area (Å²) in [6.45, 7) is 4.62. The van der Waals surface area contributed by atoms with E-state index in [0.29, 0.717) is 18.4 Å². The van der Waals surface area contributed by atoms with Crippen molar-refractivity contribution in [3.05, 3.63) is 39.9 Å². The Morgan fingerprint density at radius 1 is 1.37 bits per heavy atom. The standard InChI is InChI=1S/C18H27N5O3.HI/c1-14-5-4-10-22(13-14)18(20-12-17(24)21(2)3)19-11-15-6-8-16(9-7-15)23(25)26;/h6-9,14H,4-5,10-13H2,1-3H3,(H,19,20);1H. The summed E-state index contributed by atoms with van der Waals surface area (Å²) in [6, 6.07) is 6.39. The third-order valence-corrected chi connectivity index (χ3v) is 4.41. The van der Waals surface area contributed by atoms with Gasteiger partial charge in [-0.05, 0) is 24.3 Å². The van der Waals surface area contributed by atoms with E-state index >= 15 is 0 Å². The van der Waals surface area contributed by atoms with E-state index in [1.165, 1.54) is 18.6 Å². The van der Waals surface area contributed by atoms with Crippen molar-refractivity contribution in [2.45, 2.75) is 26.3 Å². The van der Waals surface area contributed by atoms with Gasteiger partial charge in [0.05, 0.1) is 18.0 Å². The van der Waals surface area contributed by atoms with Crippen LogP contribution in [0.25, 0.3) is 0 Å². The number of nitrogens with one attached hydrogen (secondary N) is 1. The maximum atomic E-state index is 11.9. The van der Waals surface area contributed by atoms with E-state index in [4.69, 9.17) is 0 Å². The summed E-state index contributed by atoms with van der Waals surface area (Å²) in [5.41, 5.74) is 0.955. The summed E-state index contributed by atoms with van der Waals surface area (Å²) in [6.07, 6.45) is 2.30. The number of carbonyl (C=O) groups is 1. The third kappa shape index (κ3) is 7.31. The lowest BCUT2D eigenvalue weighted by molar-refractivity contribution is -0.384. The molecule has 1 aliphatic heterocycles. The van der Waals surface area contributed by atoms with Crippen LogP contribution >= 0.6 is 24.0 Å². The first-order valence-corrected chi connectivity index (χ1v) is 8.83. The second-order valence-electron chi connectivity index (χ2n) is 6.90. The van der Waals surface area contributed by atoms with Crippen LogP contribution in [-0.2, 0) is 11.3 Å². The second kappa shape index (κ2) is 11.1. The molecule has 2 rings (SSSR count). The largest absolute Gasteiger partial charge is 0.347 e. The fourth-order valence-corrected chi connectivity index (χ4v) is 2.85. The van der Waals surface area contributed by atoms with Gasteiger partial charge < -0.3 is 15.1 Å². The lowest BCUT2D eigenvalue weighted by Crippen LogP contribution is -2.48. The molecule has 1 aromatic rings. The number of amides is 1. The van der Waals surface area contributed by atoms with Crippen molar-refractivity contribution < 1.29 is 9.72 Å². The Morgan fingerprint density at radius 2 is 2.04 bits per heavy atom. The van der Waals surface area contributed by atoms with Gasteiger partial charge in [-0.3, -0.25) is 14.9 Å². The van der Waals surface area contributed by atoms with Gasteiger partial charge in [0.1, 0.15) is 0 Å². The number of benzene rings is 1. The number of hydrogen-bond donors (Lipinski definition) is 1. The van der Waals surface area contributed by atoms with E-state index in [2.05, 4.69) is 22.1 Å². The van der Waals surface area contributed by atoms with Gasteiger partial charge in [-0.25, -0.2) is 4.99 Å². The Bertz CT molecular complexity index is 663. The molecular formula is C18H28IN5O3. The Kier molecular flexibility index (Phi) is 9.47. The first-order chi connectivity index (χ1) is 12.4. The highest BCUT2D eigenvalue weighted by Crippen LogP contribution is 2.16. The van der Waals surface area contributed by atoms with Crippen LogP contribution in [-0.4, -0.2) is 60.3 Å². The average molecular weight is 489 g/mol. The molecule has 1 atom stereocenters. The molecule has 1 fully saturated rings. The first-order valence-electron chi connectivity index (χ1n) is 8.83. The number of carbonyl (C=O) groups excluding carboxylic acids is 1. The van der Waals surface area contributed by atoms with Crippen molar-refractivity contribution in [3.8, 4) is 0 Å². The number of halogens is 1. The number of nitro benzene ring substituents is 1. The van der Waals surface area contributed by atoms with Crippen molar-refractivity contribution in [2.75, 3.05) is 33.7 Å². The molecule has 1 amide bonds. The third-order valence-electron chi connectivity index (χ3n) is 4.41. The summed E-state index contributed by atoms with van der Waals surface area (Å²) >= 11 is 0. The molecule has 0 saturated carbocycles. The molecule has 0 spiro atoms. The summed E-state index contributed by atoms with van der Waals surface area (Å²) in [5, 5.41) is 13.9. The molecule has 27 heavy (non-hydrogen) atoms. The molecule has 0 radical (unpaired) electrons. The number of likely N-dealkylation sites (tertiary alicyclic amines) is 1. The van der Waals surface area contributed by atoms with Gasteiger partial charge in [0.15, 0.2) is 5.96 Å². The minimum Gasteiger partial charge on any atom is -0.347 e. The molecule has 1 saturated heterocycles. The number of non-ortho nitro benzene ring substituents is 1. The van der Waals surface area contributed by atoms with Crippen molar-refractivity contribution in [3.63, 3.8) is 0 Å². The highest BCUT2D eigenvalue weighted by Gasteiger charge is 2.20. The number of rotatable bonds is 5. The van der Waals surface area contributed by atoms with Crippen LogP contribution in [0, 0.1) is 16.0 Å². The molecule has 150 valence electrons. The fraction of sp³-hybridized carbons (Fsp3) is 0.556. The van der Waals surface area contributed by atoms with Gasteiger partial charge in [0, 0.05) is 39.3 Å². The maximum absolute atomic E-state index is 11.9.